The van der Waals surface area contributed by atoms with Crippen LogP contribution >= 0.6 is 0 Å². The van der Waals surface area contributed by atoms with E-state index in [1.54, 1.807) is 0 Å². The van der Waals surface area contributed by atoms with Crippen molar-refractivity contribution in [2.75, 3.05) is 5.32 Å². The lowest BCUT2D eigenvalue weighted by atomic mass is 10.0. The summed E-state index contributed by atoms with van der Waals surface area (Å²) in [6.45, 7) is 8.48. The monoisotopic (exact) mass is 271 g/mol. The van der Waals surface area contributed by atoms with Gasteiger partial charge in [-0.05, 0) is 44.7 Å². The zero-order valence-electron chi connectivity index (χ0n) is 13.0. The molecule has 3 heteroatoms. The molecule has 20 heavy (non-hydrogen) atoms. The summed E-state index contributed by atoms with van der Waals surface area (Å²) >= 11 is 0. The van der Waals surface area contributed by atoms with Gasteiger partial charge in [0.2, 0.25) is 0 Å². The van der Waals surface area contributed by atoms with E-state index < -0.39 is 0 Å². The first kappa shape index (κ1) is 14.6. The van der Waals surface area contributed by atoms with Crippen LogP contribution in [0, 0.1) is 13.8 Å². The molecule has 0 aliphatic rings. The smallest absolute Gasteiger partial charge is 0.0825 e. The van der Waals surface area contributed by atoms with E-state index in [4.69, 9.17) is 0 Å². The number of aromatic nitrogens is 2. The Morgan fingerprint density at radius 1 is 1.20 bits per heavy atom. The van der Waals surface area contributed by atoms with Gasteiger partial charge in [0.25, 0.3) is 0 Å². The van der Waals surface area contributed by atoms with Crippen LogP contribution in [0.15, 0.2) is 24.3 Å². The molecule has 0 fully saturated rings. The van der Waals surface area contributed by atoms with E-state index in [2.05, 4.69) is 53.6 Å². The fourth-order valence-electron chi connectivity index (χ4n) is 2.42. The number of nitrogens with zero attached hydrogens (tertiary/aromatic N) is 1. The summed E-state index contributed by atoms with van der Waals surface area (Å²) in [5, 5.41) is 10.8. The Bertz CT molecular complexity index is 520. The molecule has 0 saturated carbocycles. The zero-order chi connectivity index (χ0) is 14.5. The molecule has 0 spiro atoms. The first-order valence-electron chi connectivity index (χ1n) is 7.48. The predicted molar refractivity (Wildman–Crippen MR) is 85.2 cm³/mol. The van der Waals surface area contributed by atoms with Gasteiger partial charge >= 0.3 is 0 Å². The molecule has 1 atom stereocenters. The lowest BCUT2D eigenvalue weighted by Crippen LogP contribution is -2.08. The van der Waals surface area contributed by atoms with Crippen molar-refractivity contribution in [1.29, 1.82) is 0 Å². The standard InChI is InChI=1S/C17H25N3/c1-5-6-7-15-8-10-16(11-9-15)12(2)18-17-13(3)19-20-14(17)4/h8-12,18H,5-7H2,1-4H3,(H,19,20). The van der Waals surface area contributed by atoms with Crippen LogP contribution in [0.1, 0.15) is 55.2 Å². The van der Waals surface area contributed by atoms with Gasteiger partial charge < -0.3 is 5.32 Å². The molecular weight excluding hydrogens is 246 g/mol. The molecule has 0 bridgehead atoms. The Hall–Kier alpha value is -1.77. The molecule has 0 radical (unpaired) electrons. The van der Waals surface area contributed by atoms with Gasteiger partial charge in [0.1, 0.15) is 0 Å². The van der Waals surface area contributed by atoms with Crippen LogP contribution in [0.25, 0.3) is 0 Å². The molecule has 0 saturated heterocycles. The SMILES string of the molecule is CCCCc1ccc(C(C)Nc2c(C)n[nH]c2C)cc1. The average molecular weight is 271 g/mol. The highest BCUT2D eigenvalue weighted by atomic mass is 15.2. The quantitative estimate of drug-likeness (QED) is 0.809. The Kier molecular flexibility index (Phi) is 4.83. The minimum atomic E-state index is 0.283. The fraction of sp³-hybridized carbons (Fsp3) is 0.471. The topological polar surface area (TPSA) is 40.7 Å². The number of rotatable bonds is 6. The highest BCUT2D eigenvalue weighted by Crippen LogP contribution is 2.24. The maximum Gasteiger partial charge on any atom is 0.0825 e. The van der Waals surface area contributed by atoms with Gasteiger partial charge in [-0.2, -0.15) is 5.10 Å². The van der Waals surface area contributed by atoms with Crippen LogP contribution in [-0.4, -0.2) is 10.2 Å². The minimum Gasteiger partial charge on any atom is -0.376 e. The van der Waals surface area contributed by atoms with Gasteiger partial charge in [0.05, 0.1) is 17.1 Å². The molecule has 0 aliphatic carbocycles. The molecule has 2 rings (SSSR count). The van der Waals surface area contributed by atoms with E-state index in [-0.39, 0.29) is 6.04 Å². The highest BCUT2D eigenvalue weighted by Gasteiger charge is 2.11. The summed E-state index contributed by atoms with van der Waals surface area (Å²) in [6.07, 6.45) is 3.69. The van der Waals surface area contributed by atoms with Crippen molar-refractivity contribution in [3.05, 3.63) is 46.8 Å². The predicted octanol–water partition coefficient (Wildman–Crippen LogP) is 4.54. The summed E-state index contributed by atoms with van der Waals surface area (Å²) in [6, 6.07) is 9.24. The van der Waals surface area contributed by atoms with E-state index >= 15 is 0 Å². The molecule has 1 aromatic carbocycles. The molecule has 1 unspecified atom stereocenters. The molecule has 2 N–H and O–H groups in total. The van der Waals surface area contributed by atoms with Crippen LogP contribution in [0.4, 0.5) is 5.69 Å². The van der Waals surface area contributed by atoms with E-state index in [0.717, 1.165) is 17.1 Å². The average Bonchev–Trinajstić information content (AvgIpc) is 2.77. The summed E-state index contributed by atoms with van der Waals surface area (Å²) < 4.78 is 0. The largest absolute Gasteiger partial charge is 0.376 e. The number of hydrogen-bond donors (Lipinski definition) is 2. The number of hydrogen-bond acceptors (Lipinski definition) is 2. The summed E-state index contributed by atoms with van der Waals surface area (Å²) in [5.41, 5.74) is 5.97. The Labute approximate surface area is 121 Å². The lowest BCUT2D eigenvalue weighted by Gasteiger charge is -2.16. The van der Waals surface area contributed by atoms with E-state index in [9.17, 15) is 0 Å². The van der Waals surface area contributed by atoms with Gasteiger partial charge in [-0.1, -0.05) is 37.6 Å². The lowest BCUT2D eigenvalue weighted by molar-refractivity contribution is 0.793. The maximum atomic E-state index is 4.22. The minimum absolute atomic E-state index is 0.283. The Morgan fingerprint density at radius 2 is 1.90 bits per heavy atom. The van der Waals surface area contributed by atoms with E-state index in [0.29, 0.717) is 0 Å². The summed E-state index contributed by atoms with van der Waals surface area (Å²) in [4.78, 5) is 0. The number of H-pyrrole nitrogens is 1. The van der Waals surface area contributed by atoms with Gasteiger partial charge in [0, 0.05) is 6.04 Å². The number of unbranched alkanes of at least 4 members (excludes halogenated alkanes) is 1. The number of aryl methyl sites for hydroxylation is 3. The highest BCUT2D eigenvalue weighted by molar-refractivity contribution is 5.53. The van der Waals surface area contributed by atoms with Gasteiger partial charge in [0.15, 0.2) is 0 Å². The number of benzene rings is 1. The third kappa shape index (κ3) is 3.41. The molecule has 3 nitrogen and oxygen atoms in total. The fourth-order valence-corrected chi connectivity index (χ4v) is 2.42. The summed E-state index contributed by atoms with van der Waals surface area (Å²) in [5.74, 6) is 0. The third-order valence-corrected chi connectivity index (χ3v) is 3.79. The van der Waals surface area contributed by atoms with Crippen molar-refractivity contribution in [3.8, 4) is 0 Å². The molecule has 108 valence electrons. The van der Waals surface area contributed by atoms with Crippen LogP contribution in [0.2, 0.25) is 0 Å². The molecule has 1 aromatic heterocycles. The second kappa shape index (κ2) is 6.60. The van der Waals surface area contributed by atoms with Crippen molar-refractivity contribution >= 4 is 5.69 Å². The molecule has 2 aromatic rings. The third-order valence-electron chi connectivity index (χ3n) is 3.79. The van der Waals surface area contributed by atoms with Gasteiger partial charge in [-0.25, -0.2) is 0 Å². The van der Waals surface area contributed by atoms with Crippen LogP contribution in [0.3, 0.4) is 0 Å². The van der Waals surface area contributed by atoms with Crippen molar-refractivity contribution in [3.63, 3.8) is 0 Å². The normalized spacial score (nSPS) is 12.4. The number of aromatic amines is 1. The van der Waals surface area contributed by atoms with Crippen molar-refractivity contribution < 1.29 is 0 Å². The second-order valence-electron chi connectivity index (χ2n) is 5.52. The zero-order valence-corrected chi connectivity index (χ0v) is 13.0. The van der Waals surface area contributed by atoms with Crippen molar-refractivity contribution in [2.45, 2.75) is 53.0 Å². The van der Waals surface area contributed by atoms with Crippen molar-refractivity contribution in [2.24, 2.45) is 0 Å². The number of nitrogens with one attached hydrogen (secondary N) is 2. The van der Waals surface area contributed by atoms with Crippen LogP contribution in [0.5, 0.6) is 0 Å². The Morgan fingerprint density at radius 3 is 2.45 bits per heavy atom. The molecule has 0 amide bonds. The van der Waals surface area contributed by atoms with Crippen LogP contribution < -0.4 is 5.32 Å². The molecular formula is C17H25N3. The van der Waals surface area contributed by atoms with E-state index in [1.807, 2.05) is 13.8 Å². The van der Waals surface area contributed by atoms with Gasteiger partial charge in [-0.3, -0.25) is 5.10 Å². The molecule has 1 heterocycles. The summed E-state index contributed by atoms with van der Waals surface area (Å²) in [7, 11) is 0. The van der Waals surface area contributed by atoms with Crippen molar-refractivity contribution in [1.82, 2.24) is 10.2 Å². The molecule has 0 aliphatic heterocycles. The second-order valence-corrected chi connectivity index (χ2v) is 5.52. The first-order chi connectivity index (χ1) is 9.61. The Balaban J connectivity index is 2.04. The van der Waals surface area contributed by atoms with E-state index in [1.165, 1.54) is 30.4 Å². The number of anilines is 1. The first-order valence-corrected chi connectivity index (χ1v) is 7.48. The van der Waals surface area contributed by atoms with Gasteiger partial charge in [-0.15, -0.1) is 0 Å². The van der Waals surface area contributed by atoms with Crippen LogP contribution in [-0.2, 0) is 6.42 Å². The maximum absolute atomic E-state index is 4.22.